The molecule has 0 bridgehead atoms. The van der Waals surface area contributed by atoms with Crippen molar-refractivity contribution in [3.8, 4) is 0 Å². The molecule has 100 valence electrons. The maximum absolute atomic E-state index is 12.7. The Kier molecular flexibility index (Phi) is 4.00. The van der Waals surface area contributed by atoms with Crippen LogP contribution in [0, 0.1) is 15.9 Å². The van der Waals surface area contributed by atoms with Crippen LogP contribution in [0.15, 0.2) is 54.6 Å². The van der Waals surface area contributed by atoms with Gasteiger partial charge in [0.05, 0.1) is 4.92 Å². The molecule has 0 atom stereocenters. The predicted molar refractivity (Wildman–Crippen MR) is 72.9 cm³/mol. The molecule has 0 saturated heterocycles. The zero-order valence-electron chi connectivity index (χ0n) is 10.3. The summed E-state index contributed by atoms with van der Waals surface area (Å²) < 4.78 is 12.7. The first-order valence-corrected chi connectivity index (χ1v) is 5.79. The molecular weight excluding hydrogens is 261 g/mol. The van der Waals surface area contributed by atoms with Crippen LogP contribution < -0.4 is 0 Å². The monoisotopic (exact) mass is 271 g/mol. The van der Waals surface area contributed by atoms with E-state index < -0.39 is 10.7 Å². The molecule has 0 spiro atoms. The van der Waals surface area contributed by atoms with E-state index in [9.17, 15) is 19.3 Å². The molecule has 0 heterocycles. The van der Waals surface area contributed by atoms with Crippen molar-refractivity contribution in [3.05, 3.63) is 81.7 Å². The number of rotatable bonds is 4. The van der Waals surface area contributed by atoms with Crippen LogP contribution in [0.1, 0.15) is 15.9 Å². The number of allylic oxidation sites excluding steroid dienone is 1. The van der Waals surface area contributed by atoms with Crippen LogP contribution in [0.25, 0.3) is 6.08 Å². The van der Waals surface area contributed by atoms with Crippen molar-refractivity contribution < 1.29 is 14.1 Å². The van der Waals surface area contributed by atoms with Crippen LogP contribution in [0.4, 0.5) is 10.1 Å². The molecule has 0 radical (unpaired) electrons. The Morgan fingerprint density at radius 3 is 2.20 bits per heavy atom. The molecular formula is C15H10FNO3. The topological polar surface area (TPSA) is 60.2 Å². The summed E-state index contributed by atoms with van der Waals surface area (Å²) in [6.07, 6.45) is 2.89. The quantitative estimate of drug-likeness (QED) is 0.369. The van der Waals surface area contributed by atoms with Crippen LogP contribution in [0.3, 0.4) is 0 Å². The van der Waals surface area contributed by atoms with Gasteiger partial charge in [-0.3, -0.25) is 14.9 Å². The molecule has 4 nitrogen and oxygen atoms in total. The van der Waals surface area contributed by atoms with Crippen molar-refractivity contribution in [2.24, 2.45) is 0 Å². The van der Waals surface area contributed by atoms with Gasteiger partial charge >= 0.3 is 0 Å². The molecule has 0 N–H and O–H groups in total. The molecule has 2 aromatic rings. The summed E-state index contributed by atoms with van der Waals surface area (Å²) in [6.45, 7) is 0. The number of carbonyl (C=O) groups excluding carboxylic acids is 1. The van der Waals surface area contributed by atoms with Gasteiger partial charge in [-0.25, -0.2) is 4.39 Å². The number of non-ortho nitro benzene ring substituents is 1. The number of carbonyl (C=O) groups is 1. The first kappa shape index (κ1) is 13.6. The lowest BCUT2D eigenvalue weighted by Crippen LogP contribution is -1.93. The van der Waals surface area contributed by atoms with E-state index in [4.69, 9.17) is 0 Å². The molecule has 2 aromatic carbocycles. The number of hydrogen-bond donors (Lipinski definition) is 0. The lowest BCUT2D eigenvalue weighted by Gasteiger charge is -1.96. The molecule has 0 aliphatic heterocycles. The minimum Gasteiger partial charge on any atom is -0.289 e. The van der Waals surface area contributed by atoms with E-state index in [1.54, 1.807) is 18.2 Å². The number of nitrogens with zero attached hydrogens (tertiary/aromatic N) is 1. The van der Waals surface area contributed by atoms with Gasteiger partial charge in [0.1, 0.15) is 5.82 Å². The zero-order valence-corrected chi connectivity index (χ0v) is 10.3. The van der Waals surface area contributed by atoms with Gasteiger partial charge in [0.15, 0.2) is 5.78 Å². The first-order valence-electron chi connectivity index (χ1n) is 5.79. The van der Waals surface area contributed by atoms with E-state index in [1.165, 1.54) is 42.5 Å². The van der Waals surface area contributed by atoms with E-state index in [-0.39, 0.29) is 11.5 Å². The third-order valence-corrected chi connectivity index (χ3v) is 2.66. The van der Waals surface area contributed by atoms with Gasteiger partial charge in [-0.15, -0.1) is 0 Å². The second-order valence-corrected chi connectivity index (χ2v) is 4.05. The van der Waals surface area contributed by atoms with Crippen LogP contribution in [0.5, 0.6) is 0 Å². The average molecular weight is 271 g/mol. The largest absolute Gasteiger partial charge is 0.289 e. The molecule has 0 aliphatic rings. The van der Waals surface area contributed by atoms with E-state index in [0.29, 0.717) is 11.1 Å². The van der Waals surface area contributed by atoms with Gasteiger partial charge in [-0.1, -0.05) is 6.08 Å². The number of nitro groups is 1. The van der Waals surface area contributed by atoms with Crippen LogP contribution in [0.2, 0.25) is 0 Å². The average Bonchev–Trinajstić information content (AvgIpc) is 2.46. The summed E-state index contributed by atoms with van der Waals surface area (Å²) in [5.41, 5.74) is 1.04. The lowest BCUT2D eigenvalue weighted by atomic mass is 10.1. The second kappa shape index (κ2) is 5.88. The fraction of sp³-hybridized carbons (Fsp3) is 0. The highest BCUT2D eigenvalue weighted by Crippen LogP contribution is 2.13. The Labute approximate surface area is 114 Å². The minimum absolute atomic E-state index is 0.00740. The Bertz CT molecular complexity index is 661. The van der Waals surface area contributed by atoms with Crippen molar-refractivity contribution in [2.45, 2.75) is 0 Å². The Morgan fingerprint density at radius 2 is 1.65 bits per heavy atom. The van der Waals surface area contributed by atoms with Crippen LogP contribution in [-0.4, -0.2) is 10.7 Å². The van der Waals surface area contributed by atoms with Crippen LogP contribution in [-0.2, 0) is 0 Å². The highest BCUT2D eigenvalue weighted by molar-refractivity contribution is 6.06. The molecule has 5 heteroatoms. The summed E-state index contributed by atoms with van der Waals surface area (Å²) in [6, 6.07) is 11.1. The molecule has 0 unspecified atom stereocenters. The minimum atomic E-state index is -0.489. The Balaban J connectivity index is 2.10. The Morgan fingerprint density at radius 1 is 1.05 bits per heavy atom. The fourth-order valence-electron chi connectivity index (χ4n) is 1.59. The fourth-order valence-corrected chi connectivity index (χ4v) is 1.59. The van der Waals surface area contributed by atoms with Gasteiger partial charge in [0.25, 0.3) is 5.69 Å². The smallest absolute Gasteiger partial charge is 0.269 e. The predicted octanol–water partition coefficient (Wildman–Crippen LogP) is 3.63. The number of hydrogen-bond acceptors (Lipinski definition) is 3. The summed E-state index contributed by atoms with van der Waals surface area (Å²) >= 11 is 0. The Hall–Kier alpha value is -2.82. The van der Waals surface area contributed by atoms with Crippen molar-refractivity contribution in [1.82, 2.24) is 0 Å². The SMILES string of the molecule is O=C(/C=C/c1ccc([N+](=O)[O-])cc1)c1ccc(F)cc1. The molecule has 0 aliphatic carbocycles. The summed E-state index contributed by atoms with van der Waals surface area (Å²) in [4.78, 5) is 21.8. The van der Waals surface area contributed by atoms with Gasteiger partial charge in [-0.05, 0) is 48.0 Å². The van der Waals surface area contributed by atoms with Gasteiger partial charge in [-0.2, -0.15) is 0 Å². The number of halogens is 1. The van der Waals surface area contributed by atoms with Crippen molar-refractivity contribution in [1.29, 1.82) is 0 Å². The zero-order chi connectivity index (χ0) is 14.5. The molecule has 0 amide bonds. The summed E-state index contributed by atoms with van der Waals surface area (Å²) in [5, 5.41) is 10.5. The summed E-state index contributed by atoms with van der Waals surface area (Å²) in [5.74, 6) is -0.663. The van der Waals surface area contributed by atoms with E-state index in [2.05, 4.69) is 0 Å². The third kappa shape index (κ3) is 3.35. The molecule has 0 saturated carbocycles. The third-order valence-electron chi connectivity index (χ3n) is 2.66. The first-order chi connectivity index (χ1) is 9.56. The standard InChI is InChI=1S/C15H10FNO3/c16-13-6-4-12(5-7-13)15(18)10-3-11-1-8-14(9-2-11)17(19)20/h1-10H/b10-3+. The number of nitro benzene ring substituents is 1. The van der Waals surface area contributed by atoms with Crippen LogP contribution >= 0.6 is 0 Å². The lowest BCUT2D eigenvalue weighted by molar-refractivity contribution is -0.384. The maximum Gasteiger partial charge on any atom is 0.269 e. The van der Waals surface area contributed by atoms with E-state index in [1.807, 2.05) is 0 Å². The van der Waals surface area contributed by atoms with Gasteiger partial charge < -0.3 is 0 Å². The van der Waals surface area contributed by atoms with Crippen molar-refractivity contribution in [3.63, 3.8) is 0 Å². The van der Waals surface area contributed by atoms with E-state index >= 15 is 0 Å². The maximum atomic E-state index is 12.7. The molecule has 0 aromatic heterocycles. The number of benzene rings is 2. The van der Waals surface area contributed by atoms with Gasteiger partial charge in [0, 0.05) is 17.7 Å². The van der Waals surface area contributed by atoms with Gasteiger partial charge in [0.2, 0.25) is 0 Å². The number of ketones is 1. The summed E-state index contributed by atoms with van der Waals surface area (Å²) in [7, 11) is 0. The second-order valence-electron chi connectivity index (χ2n) is 4.05. The highest BCUT2D eigenvalue weighted by atomic mass is 19.1. The molecule has 2 rings (SSSR count). The van der Waals surface area contributed by atoms with Crippen molar-refractivity contribution in [2.75, 3.05) is 0 Å². The molecule has 0 fully saturated rings. The molecule has 20 heavy (non-hydrogen) atoms. The van der Waals surface area contributed by atoms with E-state index in [0.717, 1.165) is 0 Å². The van der Waals surface area contributed by atoms with Crippen molar-refractivity contribution >= 4 is 17.5 Å². The normalized spacial score (nSPS) is 10.7. The highest BCUT2D eigenvalue weighted by Gasteiger charge is 2.04.